The minimum absolute atomic E-state index is 0.463. The average molecular weight is 195 g/mol. The first-order chi connectivity index (χ1) is 4.84. The lowest BCUT2D eigenvalue weighted by molar-refractivity contribution is -0.122. The molecule has 2 unspecified atom stereocenters. The number of halogens is 2. The summed E-state index contributed by atoms with van der Waals surface area (Å²) in [6.45, 7) is 3.31. The lowest BCUT2D eigenvalue weighted by Gasteiger charge is -2.08. The van der Waals surface area contributed by atoms with Crippen LogP contribution in [0.2, 0.25) is 0 Å². The summed E-state index contributed by atoms with van der Waals surface area (Å²) in [6.07, 6.45) is 0.463. The Morgan fingerprint density at radius 1 is 1.09 bits per heavy atom. The summed E-state index contributed by atoms with van der Waals surface area (Å²) in [4.78, 5) is 21.6. The van der Waals surface area contributed by atoms with Crippen molar-refractivity contribution in [3.63, 3.8) is 0 Å². The van der Waals surface area contributed by atoms with E-state index in [0.717, 1.165) is 0 Å². The van der Waals surface area contributed by atoms with Crippen molar-refractivity contribution in [1.82, 2.24) is 0 Å². The molecule has 1 aliphatic rings. The minimum Gasteiger partial charge on any atom is -0.281 e. The lowest BCUT2D eigenvalue weighted by Crippen LogP contribution is -2.19. The Kier molecular flexibility index (Phi) is 1.81. The van der Waals surface area contributed by atoms with Crippen molar-refractivity contribution >= 4 is 33.7 Å². The molecule has 0 saturated heterocycles. The van der Waals surface area contributed by atoms with Crippen LogP contribution in [-0.4, -0.2) is 10.5 Å². The van der Waals surface area contributed by atoms with E-state index in [9.17, 15) is 9.59 Å². The first kappa shape index (κ1) is 9.01. The summed E-state index contributed by atoms with van der Waals surface area (Å²) in [6, 6.07) is 0. The van der Waals surface area contributed by atoms with Crippen molar-refractivity contribution in [3.05, 3.63) is 0 Å². The van der Waals surface area contributed by atoms with Crippen LogP contribution in [0, 0.1) is 10.8 Å². The number of carbonyl (C=O) groups excluding carboxylic acids is 2. The van der Waals surface area contributed by atoms with Crippen molar-refractivity contribution in [2.75, 3.05) is 0 Å². The Bertz CT molecular complexity index is 215. The summed E-state index contributed by atoms with van der Waals surface area (Å²) in [5.41, 5.74) is -1.46. The van der Waals surface area contributed by atoms with Gasteiger partial charge in [0.2, 0.25) is 10.5 Å². The minimum atomic E-state index is -0.729. The van der Waals surface area contributed by atoms with Gasteiger partial charge in [0.15, 0.2) is 0 Å². The van der Waals surface area contributed by atoms with Gasteiger partial charge in [0.05, 0.1) is 10.8 Å². The quantitative estimate of drug-likeness (QED) is 0.631. The molecule has 1 fully saturated rings. The van der Waals surface area contributed by atoms with Crippen LogP contribution in [0.15, 0.2) is 0 Å². The average Bonchev–Trinajstić information content (AvgIpc) is 2.39. The highest BCUT2D eigenvalue weighted by molar-refractivity contribution is 6.69. The van der Waals surface area contributed by atoms with E-state index in [1.165, 1.54) is 0 Å². The molecule has 0 N–H and O–H groups in total. The normalized spacial score (nSPS) is 41.8. The molecule has 1 rings (SSSR count). The summed E-state index contributed by atoms with van der Waals surface area (Å²) >= 11 is 10.6. The SMILES string of the molecule is CC1(C(=O)Cl)CC1(C)C(=O)Cl. The smallest absolute Gasteiger partial charge is 0.228 e. The predicted molar refractivity (Wildman–Crippen MR) is 42.6 cm³/mol. The first-order valence-corrected chi connectivity index (χ1v) is 4.00. The highest BCUT2D eigenvalue weighted by atomic mass is 35.5. The topological polar surface area (TPSA) is 34.1 Å². The van der Waals surface area contributed by atoms with E-state index in [0.29, 0.717) is 6.42 Å². The van der Waals surface area contributed by atoms with Crippen molar-refractivity contribution in [3.8, 4) is 0 Å². The summed E-state index contributed by atoms with van der Waals surface area (Å²) in [5.74, 6) is 0. The molecule has 1 aliphatic carbocycles. The molecule has 2 atom stereocenters. The van der Waals surface area contributed by atoms with E-state index >= 15 is 0 Å². The number of carbonyl (C=O) groups is 2. The first-order valence-electron chi connectivity index (χ1n) is 3.24. The van der Waals surface area contributed by atoms with Crippen molar-refractivity contribution in [2.45, 2.75) is 20.3 Å². The van der Waals surface area contributed by atoms with Gasteiger partial charge in [-0.2, -0.15) is 0 Å². The highest BCUT2D eigenvalue weighted by Crippen LogP contribution is 2.65. The van der Waals surface area contributed by atoms with E-state index in [-0.39, 0.29) is 0 Å². The fourth-order valence-electron chi connectivity index (χ4n) is 1.24. The lowest BCUT2D eigenvalue weighted by atomic mass is 9.99. The summed E-state index contributed by atoms with van der Waals surface area (Å²) in [5, 5.41) is -0.956. The van der Waals surface area contributed by atoms with Gasteiger partial charge < -0.3 is 0 Å². The van der Waals surface area contributed by atoms with Crippen LogP contribution in [-0.2, 0) is 9.59 Å². The molecule has 0 aromatic carbocycles. The Labute approximate surface area is 74.9 Å². The summed E-state index contributed by atoms with van der Waals surface area (Å²) < 4.78 is 0. The zero-order valence-corrected chi connectivity index (χ0v) is 7.79. The van der Waals surface area contributed by atoms with E-state index in [4.69, 9.17) is 23.2 Å². The van der Waals surface area contributed by atoms with E-state index < -0.39 is 21.3 Å². The van der Waals surface area contributed by atoms with Gasteiger partial charge in [-0.25, -0.2) is 0 Å². The second-order valence-corrected chi connectivity index (χ2v) is 4.07. The molecular weight excluding hydrogens is 187 g/mol. The maximum Gasteiger partial charge on any atom is 0.228 e. The van der Waals surface area contributed by atoms with Gasteiger partial charge >= 0.3 is 0 Å². The third kappa shape index (κ3) is 1.00. The van der Waals surface area contributed by atoms with Crippen LogP contribution in [0.1, 0.15) is 20.3 Å². The zero-order chi connectivity index (χ0) is 8.86. The Balaban J connectivity index is 2.87. The third-order valence-electron chi connectivity index (χ3n) is 2.67. The molecular formula is C7H8Cl2O2. The van der Waals surface area contributed by atoms with Crippen LogP contribution in [0.25, 0.3) is 0 Å². The predicted octanol–water partition coefficient (Wildman–Crippen LogP) is 1.93. The fraction of sp³-hybridized carbons (Fsp3) is 0.714. The number of rotatable bonds is 2. The van der Waals surface area contributed by atoms with Gasteiger partial charge in [-0.3, -0.25) is 9.59 Å². The van der Waals surface area contributed by atoms with Gasteiger partial charge in [-0.05, 0) is 29.6 Å². The third-order valence-corrected chi connectivity index (χ3v) is 3.50. The van der Waals surface area contributed by atoms with Gasteiger partial charge in [0.25, 0.3) is 0 Å². The van der Waals surface area contributed by atoms with Crippen LogP contribution < -0.4 is 0 Å². The molecule has 11 heavy (non-hydrogen) atoms. The Morgan fingerprint density at radius 3 is 1.45 bits per heavy atom. The Hall–Kier alpha value is -0.0800. The fourth-order valence-corrected chi connectivity index (χ4v) is 1.79. The monoisotopic (exact) mass is 194 g/mol. The molecule has 2 nitrogen and oxygen atoms in total. The van der Waals surface area contributed by atoms with E-state index in [1.54, 1.807) is 13.8 Å². The standard InChI is InChI=1S/C7H8Cl2O2/c1-6(4(8)10)3-7(6,2)5(9)11/h3H2,1-2H3. The van der Waals surface area contributed by atoms with Gasteiger partial charge in [-0.15, -0.1) is 0 Å². The van der Waals surface area contributed by atoms with Crippen LogP contribution in [0.5, 0.6) is 0 Å². The maximum absolute atomic E-state index is 10.8. The summed E-state index contributed by atoms with van der Waals surface area (Å²) in [7, 11) is 0. The maximum atomic E-state index is 10.8. The second-order valence-electron chi connectivity index (χ2n) is 3.39. The molecule has 62 valence electrons. The molecule has 1 saturated carbocycles. The van der Waals surface area contributed by atoms with Crippen molar-refractivity contribution in [2.24, 2.45) is 10.8 Å². The molecule has 0 aliphatic heterocycles. The highest BCUT2D eigenvalue weighted by Gasteiger charge is 2.69. The van der Waals surface area contributed by atoms with Crippen LogP contribution >= 0.6 is 23.2 Å². The molecule has 4 heteroatoms. The second kappa shape index (κ2) is 2.20. The molecule has 0 aromatic heterocycles. The molecule has 0 spiro atoms. The van der Waals surface area contributed by atoms with Gasteiger partial charge in [-0.1, -0.05) is 13.8 Å². The van der Waals surface area contributed by atoms with E-state index in [1.807, 2.05) is 0 Å². The van der Waals surface area contributed by atoms with Crippen molar-refractivity contribution in [1.29, 1.82) is 0 Å². The molecule has 0 radical (unpaired) electrons. The zero-order valence-electron chi connectivity index (χ0n) is 6.28. The van der Waals surface area contributed by atoms with E-state index in [2.05, 4.69) is 0 Å². The largest absolute Gasteiger partial charge is 0.281 e. The van der Waals surface area contributed by atoms with Crippen LogP contribution in [0.3, 0.4) is 0 Å². The molecule has 0 heterocycles. The number of hydrogen-bond donors (Lipinski definition) is 0. The molecule has 0 amide bonds. The Morgan fingerprint density at radius 2 is 1.36 bits per heavy atom. The molecule has 0 aromatic rings. The number of hydrogen-bond acceptors (Lipinski definition) is 2. The van der Waals surface area contributed by atoms with Crippen molar-refractivity contribution < 1.29 is 9.59 Å². The molecule has 0 bridgehead atoms. The van der Waals surface area contributed by atoms with Gasteiger partial charge in [0, 0.05) is 0 Å². The van der Waals surface area contributed by atoms with Crippen LogP contribution in [0.4, 0.5) is 0 Å². The van der Waals surface area contributed by atoms with Gasteiger partial charge in [0.1, 0.15) is 0 Å².